The van der Waals surface area contributed by atoms with Gasteiger partial charge in [-0.05, 0) is 24.6 Å². The van der Waals surface area contributed by atoms with E-state index in [2.05, 4.69) is 17.9 Å². The van der Waals surface area contributed by atoms with Crippen molar-refractivity contribution >= 4 is 6.08 Å². The van der Waals surface area contributed by atoms with E-state index in [1.54, 1.807) is 12.1 Å². The number of aliphatic hydroxyl groups excluding tert-OH is 1. The number of ether oxygens (including phenoxy) is 1. The Morgan fingerprint density at radius 3 is 2.84 bits per heavy atom. The lowest BCUT2D eigenvalue weighted by Crippen LogP contribution is -2.49. The van der Waals surface area contributed by atoms with Crippen LogP contribution in [0.5, 0.6) is 0 Å². The number of rotatable bonds is 4. The second kappa shape index (κ2) is 6.80. The summed E-state index contributed by atoms with van der Waals surface area (Å²) >= 11 is 0. The highest BCUT2D eigenvalue weighted by molar-refractivity contribution is 5.48. The minimum atomic E-state index is -0.218. The van der Waals surface area contributed by atoms with Crippen molar-refractivity contribution < 1.29 is 14.2 Å². The first-order chi connectivity index (χ1) is 9.19. The van der Waals surface area contributed by atoms with Crippen LogP contribution in [0.25, 0.3) is 6.08 Å². The molecule has 2 atom stereocenters. The minimum Gasteiger partial charge on any atom is -0.394 e. The summed E-state index contributed by atoms with van der Waals surface area (Å²) in [5, 5.41) is 9.12. The Labute approximate surface area is 113 Å². The zero-order chi connectivity index (χ0) is 13.7. The summed E-state index contributed by atoms with van der Waals surface area (Å²) < 4.78 is 18.3. The maximum absolute atomic E-state index is 12.8. The molecule has 1 fully saturated rings. The molecular formula is C15H20FNO2. The fourth-order valence-electron chi connectivity index (χ4n) is 2.14. The Morgan fingerprint density at radius 2 is 2.16 bits per heavy atom. The van der Waals surface area contributed by atoms with Crippen molar-refractivity contribution in [2.45, 2.75) is 19.1 Å². The van der Waals surface area contributed by atoms with E-state index in [0.29, 0.717) is 12.6 Å². The Balaban J connectivity index is 1.88. The minimum absolute atomic E-state index is 0.0604. The van der Waals surface area contributed by atoms with Crippen molar-refractivity contribution in [1.29, 1.82) is 0 Å². The number of hydrogen-bond donors (Lipinski definition) is 1. The normalized spacial score (nSPS) is 25.0. The molecule has 1 aromatic rings. The largest absolute Gasteiger partial charge is 0.394 e. The molecule has 19 heavy (non-hydrogen) atoms. The van der Waals surface area contributed by atoms with Crippen molar-refractivity contribution in [2.75, 3.05) is 26.3 Å². The first kappa shape index (κ1) is 14.2. The third-order valence-corrected chi connectivity index (χ3v) is 3.36. The van der Waals surface area contributed by atoms with E-state index >= 15 is 0 Å². The third-order valence-electron chi connectivity index (χ3n) is 3.36. The van der Waals surface area contributed by atoms with Gasteiger partial charge in [-0.1, -0.05) is 24.3 Å². The Bertz CT molecular complexity index is 419. The highest BCUT2D eigenvalue weighted by atomic mass is 19.1. The standard InChI is InChI=1S/C15H20FNO2/c1-12-11-19-15(10-18)9-17(12)8-2-3-13-4-6-14(16)7-5-13/h2-7,12,15,18H,8-11H2,1H3/b3-2+. The molecule has 0 bridgehead atoms. The summed E-state index contributed by atoms with van der Waals surface area (Å²) in [6.45, 7) is 4.36. The van der Waals surface area contributed by atoms with E-state index in [9.17, 15) is 4.39 Å². The maximum Gasteiger partial charge on any atom is 0.123 e. The smallest absolute Gasteiger partial charge is 0.123 e. The lowest BCUT2D eigenvalue weighted by Gasteiger charge is -2.36. The van der Waals surface area contributed by atoms with Gasteiger partial charge in [-0.3, -0.25) is 4.90 Å². The van der Waals surface area contributed by atoms with E-state index in [0.717, 1.165) is 18.7 Å². The lowest BCUT2D eigenvalue weighted by molar-refractivity contribution is -0.0741. The molecule has 2 rings (SSSR count). The van der Waals surface area contributed by atoms with Crippen LogP contribution < -0.4 is 0 Å². The van der Waals surface area contributed by atoms with E-state index in [4.69, 9.17) is 9.84 Å². The number of morpholine rings is 1. The number of aliphatic hydroxyl groups is 1. The van der Waals surface area contributed by atoms with Gasteiger partial charge >= 0.3 is 0 Å². The molecular weight excluding hydrogens is 245 g/mol. The predicted octanol–water partition coefficient (Wildman–Crippen LogP) is 1.92. The molecule has 1 heterocycles. The van der Waals surface area contributed by atoms with Crippen molar-refractivity contribution in [3.05, 3.63) is 41.7 Å². The van der Waals surface area contributed by atoms with Gasteiger partial charge in [-0.15, -0.1) is 0 Å². The molecule has 1 saturated heterocycles. The van der Waals surface area contributed by atoms with Crippen LogP contribution in [-0.2, 0) is 4.74 Å². The topological polar surface area (TPSA) is 32.7 Å². The quantitative estimate of drug-likeness (QED) is 0.903. The van der Waals surface area contributed by atoms with Crippen molar-refractivity contribution in [3.63, 3.8) is 0 Å². The first-order valence-electron chi connectivity index (χ1n) is 6.57. The molecule has 3 nitrogen and oxygen atoms in total. The van der Waals surface area contributed by atoms with Gasteiger partial charge in [-0.25, -0.2) is 4.39 Å². The zero-order valence-electron chi connectivity index (χ0n) is 11.1. The summed E-state index contributed by atoms with van der Waals surface area (Å²) in [6.07, 6.45) is 3.95. The molecule has 104 valence electrons. The van der Waals surface area contributed by atoms with Crippen LogP contribution >= 0.6 is 0 Å². The van der Waals surface area contributed by atoms with E-state index in [1.165, 1.54) is 12.1 Å². The predicted molar refractivity (Wildman–Crippen MR) is 73.3 cm³/mol. The average molecular weight is 265 g/mol. The molecule has 1 aromatic carbocycles. The molecule has 0 aliphatic carbocycles. The van der Waals surface area contributed by atoms with Crippen LogP contribution in [0.1, 0.15) is 12.5 Å². The van der Waals surface area contributed by atoms with Crippen molar-refractivity contribution in [3.8, 4) is 0 Å². The summed E-state index contributed by atoms with van der Waals surface area (Å²) in [4.78, 5) is 2.27. The molecule has 2 unspecified atom stereocenters. The Hall–Kier alpha value is -1.23. The van der Waals surface area contributed by atoms with Gasteiger partial charge in [0.05, 0.1) is 19.3 Å². The highest BCUT2D eigenvalue weighted by Gasteiger charge is 2.24. The average Bonchev–Trinajstić information content (AvgIpc) is 2.43. The number of nitrogens with zero attached hydrogens (tertiary/aromatic N) is 1. The van der Waals surface area contributed by atoms with Crippen molar-refractivity contribution in [1.82, 2.24) is 4.90 Å². The highest BCUT2D eigenvalue weighted by Crippen LogP contribution is 2.12. The Kier molecular flexibility index (Phi) is 5.07. The van der Waals surface area contributed by atoms with E-state index in [-0.39, 0.29) is 18.5 Å². The molecule has 1 aliphatic rings. The summed E-state index contributed by atoms with van der Waals surface area (Å²) in [7, 11) is 0. The monoisotopic (exact) mass is 265 g/mol. The molecule has 0 amide bonds. The molecule has 0 spiro atoms. The summed E-state index contributed by atoms with van der Waals surface area (Å²) in [6, 6.07) is 6.77. The second-order valence-electron chi connectivity index (χ2n) is 4.89. The van der Waals surface area contributed by atoms with Gasteiger partial charge in [0.25, 0.3) is 0 Å². The fourth-order valence-corrected chi connectivity index (χ4v) is 2.14. The fraction of sp³-hybridized carbons (Fsp3) is 0.467. The van der Waals surface area contributed by atoms with E-state index < -0.39 is 0 Å². The van der Waals surface area contributed by atoms with Gasteiger partial charge in [0.1, 0.15) is 5.82 Å². The third kappa shape index (κ3) is 4.13. The van der Waals surface area contributed by atoms with Crippen molar-refractivity contribution in [2.24, 2.45) is 0 Å². The second-order valence-corrected chi connectivity index (χ2v) is 4.89. The van der Waals surface area contributed by atoms with Gasteiger partial charge < -0.3 is 9.84 Å². The van der Waals surface area contributed by atoms with Crippen LogP contribution in [0.4, 0.5) is 4.39 Å². The van der Waals surface area contributed by atoms with Gasteiger partial charge in [0, 0.05) is 19.1 Å². The molecule has 1 N–H and O–H groups in total. The number of hydrogen-bond acceptors (Lipinski definition) is 3. The maximum atomic E-state index is 12.8. The summed E-state index contributed by atoms with van der Waals surface area (Å²) in [5.74, 6) is -0.218. The van der Waals surface area contributed by atoms with Crippen LogP contribution in [0.15, 0.2) is 30.3 Å². The van der Waals surface area contributed by atoms with E-state index in [1.807, 2.05) is 6.08 Å². The van der Waals surface area contributed by atoms with Gasteiger partial charge in [-0.2, -0.15) is 0 Å². The van der Waals surface area contributed by atoms with Gasteiger partial charge in [0.15, 0.2) is 0 Å². The zero-order valence-corrected chi connectivity index (χ0v) is 11.1. The molecule has 0 saturated carbocycles. The number of benzene rings is 1. The molecule has 1 aliphatic heterocycles. The number of halogens is 1. The van der Waals surface area contributed by atoms with Gasteiger partial charge in [0.2, 0.25) is 0 Å². The molecule has 4 heteroatoms. The SMILES string of the molecule is CC1COC(CO)CN1C/C=C/c1ccc(F)cc1. The first-order valence-corrected chi connectivity index (χ1v) is 6.57. The molecule has 0 aromatic heterocycles. The van der Waals surface area contributed by atoms with Crippen LogP contribution in [0.2, 0.25) is 0 Å². The lowest BCUT2D eigenvalue weighted by atomic mass is 10.1. The summed E-state index contributed by atoms with van der Waals surface area (Å²) in [5.41, 5.74) is 0.987. The Morgan fingerprint density at radius 1 is 1.42 bits per heavy atom. The van der Waals surface area contributed by atoms with Crippen LogP contribution in [0.3, 0.4) is 0 Å². The molecule has 0 radical (unpaired) electrons. The van der Waals surface area contributed by atoms with Crippen LogP contribution in [0, 0.1) is 5.82 Å². The van der Waals surface area contributed by atoms with Crippen LogP contribution in [-0.4, -0.2) is 48.5 Å².